The zero-order valence-corrected chi connectivity index (χ0v) is 12.4. The summed E-state index contributed by atoms with van der Waals surface area (Å²) in [5, 5.41) is 16.0. The Bertz CT molecular complexity index is 571. The molecule has 19 heavy (non-hydrogen) atoms. The maximum Gasteiger partial charge on any atom is 0.170 e. The summed E-state index contributed by atoms with van der Waals surface area (Å²) in [6, 6.07) is 5.67. The first-order chi connectivity index (χ1) is 8.87. The van der Waals surface area contributed by atoms with Crippen molar-refractivity contribution in [3.05, 3.63) is 34.6 Å². The average Bonchev–Trinajstić information content (AvgIpc) is 2.73. The minimum atomic E-state index is 0.0197. The third kappa shape index (κ3) is 3.52. The Labute approximate surface area is 118 Å². The predicted octanol–water partition coefficient (Wildman–Crippen LogP) is 2.51. The van der Waals surface area contributed by atoms with Crippen LogP contribution in [0.25, 0.3) is 5.69 Å². The van der Waals surface area contributed by atoms with Crippen LogP contribution in [0.5, 0.6) is 0 Å². The van der Waals surface area contributed by atoms with Crippen LogP contribution in [-0.4, -0.2) is 25.7 Å². The van der Waals surface area contributed by atoms with Gasteiger partial charge in [-0.2, -0.15) is 4.68 Å². The Morgan fingerprint density at radius 1 is 1.32 bits per heavy atom. The van der Waals surface area contributed by atoms with Gasteiger partial charge in [0.15, 0.2) is 5.82 Å². The molecule has 0 aliphatic heterocycles. The second-order valence-corrected chi connectivity index (χ2v) is 5.98. The molecule has 0 saturated carbocycles. The van der Waals surface area contributed by atoms with Crippen molar-refractivity contribution in [1.82, 2.24) is 25.5 Å². The number of rotatable bonds is 3. The number of benzene rings is 1. The van der Waals surface area contributed by atoms with Gasteiger partial charge in [0.1, 0.15) is 0 Å². The van der Waals surface area contributed by atoms with Gasteiger partial charge in [-0.1, -0.05) is 11.6 Å². The summed E-state index contributed by atoms with van der Waals surface area (Å²) >= 11 is 5.97. The van der Waals surface area contributed by atoms with E-state index in [9.17, 15) is 0 Å². The van der Waals surface area contributed by atoms with Gasteiger partial charge >= 0.3 is 0 Å². The zero-order chi connectivity index (χ0) is 14.0. The van der Waals surface area contributed by atoms with Crippen molar-refractivity contribution >= 4 is 11.6 Å². The largest absolute Gasteiger partial charge is 0.305 e. The van der Waals surface area contributed by atoms with Crippen molar-refractivity contribution in [3.63, 3.8) is 0 Å². The molecule has 6 heteroatoms. The summed E-state index contributed by atoms with van der Waals surface area (Å²) in [5.41, 5.74) is 2.00. The smallest absolute Gasteiger partial charge is 0.170 e. The van der Waals surface area contributed by atoms with Gasteiger partial charge in [-0.05, 0) is 61.9 Å². The molecule has 0 atom stereocenters. The molecule has 0 aliphatic carbocycles. The minimum absolute atomic E-state index is 0.0197. The van der Waals surface area contributed by atoms with Crippen molar-refractivity contribution in [2.45, 2.75) is 39.8 Å². The molecule has 0 saturated heterocycles. The second-order valence-electron chi connectivity index (χ2n) is 5.54. The molecule has 1 N–H and O–H groups in total. The number of nitrogens with one attached hydrogen (secondary N) is 1. The van der Waals surface area contributed by atoms with E-state index in [1.54, 1.807) is 4.68 Å². The van der Waals surface area contributed by atoms with Crippen LogP contribution in [0.3, 0.4) is 0 Å². The molecule has 1 heterocycles. The van der Waals surface area contributed by atoms with E-state index in [0.29, 0.717) is 11.6 Å². The number of nitrogens with zero attached hydrogens (tertiary/aromatic N) is 4. The molecule has 0 aliphatic rings. The molecule has 0 radical (unpaired) electrons. The van der Waals surface area contributed by atoms with Gasteiger partial charge in [0.05, 0.1) is 12.2 Å². The lowest BCUT2D eigenvalue weighted by molar-refractivity contribution is 0.415. The molecule has 2 aromatic rings. The molecular weight excluding hydrogens is 262 g/mol. The first-order valence-electron chi connectivity index (χ1n) is 6.15. The lowest BCUT2D eigenvalue weighted by atomic mass is 10.1. The SMILES string of the molecule is Cc1cc(Cl)ccc1-n1nnnc1CNC(C)(C)C. The Kier molecular flexibility index (Phi) is 3.87. The van der Waals surface area contributed by atoms with E-state index in [-0.39, 0.29) is 5.54 Å². The summed E-state index contributed by atoms with van der Waals surface area (Å²) in [7, 11) is 0. The third-order valence-corrected chi connectivity index (χ3v) is 2.93. The highest BCUT2D eigenvalue weighted by molar-refractivity contribution is 6.30. The number of aromatic nitrogens is 4. The number of halogens is 1. The molecule has 1 aromatic carbocycles. The molecule has 0 fully saturated rings. The van der Waals surface area contributed by atoms with Crippen molar-refractivity contribution in [2.75, 3.05) is 0 Å². The van der Waals surface area contributed by atoms with E-state index in [2.05, 4.69) is 41.6 Å². The Morgan fingerprint density at radius 2 is 2.05 bits per heavy atom. The van der Waals surface area contributed by atoms with Crippen molar-refractivity contribution in [1.29, 1.82) is 0 Å². The van der Waals surface area contributed by atoms with Crippen molar-refractivity contribution < 1.29 is 0 Å². The summed E-state index contributed by atoms with van der Waals surface area (Å²) in [5.74, 6) is 0.778. The average molecular weight is 280 g/mol. The number of aryl methyl sites for hydroxylation is 1. The first-order valence-corrected chi connectivity index (χ1v) is 6.53. The van der Waals surface area contributed by atoms with Gasteiger partial charge in [-0.25, -0.2) is 0 Å². The summed E-state index contributed by atoms with van der Waals surface area (Å²) in [6.07, 6.45) is 0. The van der Waals surface area contributed by atoms with Gasteiger partial charge < -0.3 is 5.32 Å². The molecule has 0 unspecified atom stereocenters. The lowest BCUT2D eigenvalue weighted by Gasteiger charge is -2.20. The van der Waals surface area contributed by atoms with Crippen LogP contribution in [0.1, 0.15) is 32.2 Å². The normalized spacial score (nSPS) is 11.8. The van der Waals surface area contributed by atoms with E-state index in [1.807, 2.05) is 25.1 Å². The van der Waals surface area contributed by atoms with Crippen LogP contribution in [0.2, 0.25) is 5.02 Å². The van der Waals surface area contributed by atoms with E-state index in [1.165, 1.54) is 0 Å². The van der Waals surface area contributed by atoms with Crippen LogP contribution < -0.4 is 5.32 Å². The Hall–Kier alpha value is -1.46. The van der Waals surface area contributed by atoms with Gasteiger partial charge in [-0.15, -0.1) is 5.10 Å². The van der Waals surface area contributed by atoms with E-state index >= 15 is 0 Å². The molecule has 0 spiro atoms. The van der Waals surface area contributed by atoms with Crippen LogP contribution in [-0.2, 0) is 6.54 Å². The van der Waals surface area contributed by atoms with E-state index < -0.39 is 0 Å². The second kappa shape index (κ2) is 5.27. The van der Waals surface area contributed by atoms with E-state index in [4.69, 9.17) is 11.6 Å². The topological polar surface area (TPSA) is 55.6 Å². The maximum atomic E-state index is 5.97. The highest BCUT2D eigenvalue weighted by Crippen LogP contribution is 2.19. The predicted molar refractivity (Wildman–Crippen MR) is 75.5 cm³/mol. The molecular formula is C13H18ClN5. The fourth-order valence-corrected chi connectivity index (χ4v) is 1.93. The number of hydrogen-bond donors (Lipinski definition) is 1. The first kappa shape index (κ1) is 14.0. The minimum Gasteiger partial charge on any atom is -0.305 e. The highest BCUT2D eigenvalue weighted by atomic mass is 35.5. The molecule has 5 nitrogen and oxygen atoms in total. The highest BCUT2D eigenvalue weighted by Gasteiger charge is 2.14. The zero-order valence-electron chi connectivity index (χ0n) is 11.6. The van der Waals surface area contributed by atoms with Crippen LogP contribution >= 0.6 is 11.6 Å². The fraction of sp³-hybridized carbons (Fsp3) is 0.462. The van der Waals surface area contributed by atoms with Gasteiger partial charge in [0.25, 0.3) is 0 Å². The fourth-order valence-electron chi connectivity index (χ4n) is 1.70. The van der Waals surface area contributed by atoms with Gasteiger partial charge in [-0.3, -0.25) is 0 Å². The van der Waals surface area contributed by atoms with E-state index in [0.717, 1.165) is 17.1 Å². The van der Waals surface area contributed by atoms with Crippen LogP contribution in [0.15, 0.2) is 18.2 Å². The van der Waals surface area contributed by atoms with Gasteiger partial charge in [0, 0.05) is 10.6 Å². The third-order valence-electron chi connectivity index (χ3n) is 2.70. The molecule has 0 bridgehead atoms. The summed E-state index contributed by atoms with van der Waals surface area (Å²) in [4.78, 5) is 0. The number of tetrazole rings is 1. The monoisotopic (exact) mass is 279 g/mol. The Morgan fingerprint density at radius 3 is 2.68 bits per heavy atom. The maximum absolute atomic E-state index is 5.97. The quantitative estimate of drug-likeness (QED) is 0.938. The van der Waals surface area contributed by atoms with Crippen molar-refractivity contribution in [3.8, 4) is 5.69 Å². The molecule has 0 amide bonds. The van der Waals surface area contributed by atoms with Crippen molar-refractivity contribution in [2.24, 2.45) is 0 Å². The molecule has 1 aromatic heterocycles. The molecule has 102 valence electrons. The summed E-state index contributed by atoms with van der Waals surface area (Å²) < 4.78 is 1.74. The summed E-state index contributed by atoms with van der Waals surface area (Å²) in [6.45, 7) is 8.92. The Balaban J connectivity index is 2.28. The standard InChI is InChI=1S/C13H18ClN5/c1-9-7-10(14)5-6-11(9)19-12(16-17-18-19)8-15-13(2,3)4/h5-7,15H,8H2,1-4H3. The number of hydrogen-bond acceptors (Lipinski definition) is 4. The van der Waals surface area contributed by atoms with Crippen LogP contribution in [0, 0.1) is 6.92 Å². The van der Waals surface area contributed by atoms with Crippen LogP contribution in [0.4, 0.5) is 0 Å². The lowest BCUT2D eigenvalue weighted by Crippen LogP contribution is -2.36. The van der Waals surface area contributed by atoms with Gasteiger partial charge in [0.2, 0.25) is 0 Å². The molecule has 2 rings (SSSR count).